The first-order valence-corrected chi connectivity index (χ1v) is 19.7. The molecule has 0 bridgehead atoms. The Bertz CT molecular complexity index is 2020. The van der Waals surface area contributed by atoms with Gasteiger partial charge in [-0.2, -0.15) is 0 Å². The molecular weight excluding hydrogens is 692 g/mol. The van der Waals surface area contributed by atoms with Crippen LogP contribution >= 0.6 is 23.4 Å². The lowest BCUT2D eigenvalue weighted by molar-refractivity contribution is -0.162. The van der Waals surface area contributed by atoms with Crippen LogP contribution in [0.5, 0.6) is 0 Å². The number of halogens is 1. The number of Topliss-reactive ketones (excluding diaryl/α,β-unsaturated/α-hetero) is 1. The largest absolute Gasteiger partial charge is 0.504 e. The standard InChI is InChI=1S/C26H30O5.C17H19ClN2S/c1-22(2)17(27)7-9-23(3)16-6-10-24(4)15(14-8-11-30-13-14)12-18-26(24,31-18)25(16,5)21(29)19(28)20(22)23;1-19(2)10-5-11-20-14-6-3-4-7-16(14)21-17-9-8-13(18)12-15(17)20/h7-9,11,13,15-16,18,28H,6,10,12H2,1-5H3;3-4,6-9,12H,5,10-11H2,1-2H3. The average Bonchev–Trinajstić information content (AvgIpc) is 3.45. The maximum absolute atomic E-state index is 14.0. The van der Waals surface area contributed by atoms with Crippen LogP contribution < -0.4 is 4.90 Å². The minimum Gasteiger partial charge on any atom is -0.504 e. The van der Waals surface area contributed by atoms with Crippen LogP contribution in [0.2, 0.25) is 5.02 Å². The first-order valence-electron chi connectivity index (χ1n) is 18.5. The van der Waals surface area contributed by atoms with Gasteiger partial charge in [0.1, 0.15) is 5.60 Å². The van der Waals surface area contributed by atoms with E-state index in [4.69, 9.17) is 20.8 Å². The maximum Gasteiger partial charge on any atom is 0.206 e. The lowest BCUT2D eigenvalue weighted by atomic mass is 9.39. The van der Waals surface area contributed by atoms with Crippen molar-refractivity contribution in [2.45, 2.75) is 87.7 Å². The number of ether oxygens (including phenoxy) is 1. The van der Waals surface area contributed by atoms with E-state index in [0.29, 0.717) is 5.57 Å². The van der Waals surface area contributed by atoms with Gasteiger partial charge in [-0.1, -0.05) is 55.4 Å². The predicted molar refractivity (Wildman–Crippen MR) is 205 cm³/mol. The summed E-state index contributed by atoms with van der Waals surface area (Å²) in [6, 6.07) is 16.8. The smallest absolute Gasteiger partial charge is 0.206 e. The first-order chi connectivity index (χ1) is 24.6. The van der Waals surface area contributed by atoms with E-state index >= 15 is 0 Å². The number of aliphatic hydroxyl groups excluding tert-OH is 1. The number of carbonyl (C=O) groups is 2. The zero-order valence-electron chi connectivity index (χ0n) is 31.2. The summed E-state index contributed by atoms with van der Waals surface area (Å²) in [5.41, 5.74) is 1.12. The van der Waals surface area contributed by atoms with Crippen molar-refractivity contribution in [2.24, 2.45) is 27.6 Å². The molecule has 6 aliphatic rings. The molecule has 9 rings (SSSR count). The lowest BCUT2D eigenvalue weighted by Crippen LogP contribution is -2.66. The van der Waals surface area contributed by atoms with E-state index in [1.165, 1.54) is 26.7 Å². The van der Waals surface area contributed by atoms with Gasteiger partial charge in [0.25, 0.3) is 0 Å². The van der Waals surface area contributed by atoms with E-state index in [1.807, 2.05) is 57.0 Å². The summed E-state index contributed by atoms with van der Waals surface area (Å²) in [6.07, 6.45) is 10.9. The third-order valence-corrected chi connectivity index (χ3v) is 15.1. The van der Waals surface area contributed by atoms with E-state index in [-0.39, 0.29) is 40.7 Å². The summed E-state index contributed by atoms with van der Waals surface area (Å²) in [4.78, 5) is 34.0. The number of fused-ring (bicyclic) bond motifs is 5. The van der Waals surface area contributed by atoms with Crippen LogP contribution in [0, 0.1) is 27.6 Å². The van der Waals surface area contributed by atoms with Crippen molar-refractivity contribution in [3.8, 4) is 0 Å². The highest BCUT2D eigenvalue weighted by Gasteiger charge is 2.87. The van der Waals surface area contributed by atoms with Crippen molar-refractivity contribution in [2.75, 3.05) is 32.1 Å². The Hall–Kier alpha value is -3.30. The zero-order valence-corrected chi connectivity index (χ0v) is 32.7. The molecule has 3 heterocycles. The third kappa shape index (κ3) is 4.79. The van der Waals surface area contributed by atoms with Crippen LogP contribution in [0.1, 0.15) is 71.8 Å². The summed E-state index contributed by atoms with van der Waals surface area (Å²) in [7, 11) is 4.23. The van der Waals surface area contributed by atoms with Gasteiger partial charge in [0.15, 0.2) is 11.5 Å². The molecule has 3 aromatic rings. The van der Waals surface area contributed by atoms with Crippen molar-refractivity contribution < 1.29 is 23.8 Å². The molecule has 7 unspecified atom stereocenters. The minimum atomic E-state index is -0.901. The van der Waals surface area contributed by atoms with E-state index in [9.17, 15) is 14.7 Å². The predicted octanol–water partition coefficient (Wildman–Crippen LogP) is 9.79. The second-order valence-electron chi connectivity index (χ2n) is 17.0. The van der Waals surface area contributed by atoms with Crippen molar-refractivity contribution in [1.29, 1.82) is 0 Å². The number of furan rings is 1. The number of hydrogen-bond donors (Lipinski definition) is 1. The van der Waals surface area contributed by atoms with Crippen LogP contribution in [0.25, 0.3) is 0 Å². The first kappa shape index (κ1) is 35.7. The summed E-state index contributed by atoms with van der Waals surface area (Å²) in [5, 5.41) is 12.2. The summed E-state index contributed by atoms with van der Waals surface area (Å²) < 4.78 is 11.9. The van der Waals surface area contributed by atoms with E-state index in [2.05, 4.69) is 74.1 Å². The van der Waals surface area contributed by atoms with Gasteiger partial charge >= 0.3 is 0 Å². The van der Waals surface area contributed by atoms with Gasteiger partial charge in [0.2, 0.25) is 5.78 Å². The highest BCUT2D eigenvalue weighted by Crippen LogP contribution is 2.81. The number of anilines is 2. The maximum atomic E-state index is 14.0. The van der Waals surface area contributed by atoms with Crippen molar-refractivity contribution >= 4 is 46.3 Å². The van der Waals surface area contributed by atoms with Crippen LogP contribution in [-0.4, -0.2) is 60.5 Å². The highest BCUT2D eigenvalue weighted by molar-refractivity contribution is 7.99. The highest BCUT2D eigenvalue weighted by atomic mass is 35.5. The molecule has 0 radical (unpaired) electrons. The number of epoxide rings is 1. The van der Waals surface area contributed by atoms with Crippen molar-refractivity contribution in [1.82, 2.24) is 4.90 Å². The topological polar surface area (TPSA) is 86.5 Å². The van der Waals surface area contributed by atoms with Gasteiger partial charge in [0, 0.05) is 32.2 Å². The summed E-state index contributed by atoms with van der Waals surface area (Å²) >= 11 is 8.03. The number of allylic oxidation sites excluding steroid dienone is 4. The number of para-hydroxylation sites is 1. The number of hydrogen-bond acceptors (Lipinski definition) is 8. The molecule has 274 valence electrons. The van der Waals surface area contributed by atoms with E-state index in [0.717, 1.165) is 43.8 Å². The molecule has 7 atom stereocenters. The Morgan fingerprint density at radius 1 is 1.02 bits per heavy atom. The van der Waals surface area contributed by atoms with Crippen molar-refractivity contribution in [3.63, 3.8) is 0 Å². The lowest BCUT2D eigenvalue weighted by Gasteiger charge is -2.62. The van der Waals surface area contributed by atoms with Crippen LogP contribution in [0.4, 0.5) is 11.4 Å². The van der Waals surface area contributed by atoms with Gasteiger partial charge in [-0.3, -0.25) is 9.59 Å². The van der Waals surface area contributed by atoms with Gasteiger partial charge in [-0.15, -0.1) is 0 Å². The van der Waals surface area contributed by atoms with Crippen molar-refractivity contribution in [3.05, 3.63) is 95.1 Å². The normalized spacial score (nSPS) is 34.8. The van der Waals surface area contributed by atoms with Gasteiger partial charge in [-0.05, 0) is 133 Å². The second kappa shape index (κ2) is 12.1. The van der Waals surface area contributed by atoms with Gasteiger partial charge in [0.05, 0.1) is 40.8 Å². The molecule has 2 aliphatic heterocycles. The molecule has 52 heavy (non-hydrogen) atoms. The average molecular weight is 741 g/mol. The summed E-state index contributed by atoms with van der Waals surface area (Å²) in [5.74, 6) is -0.312. The van der Waals surface area contributed by atoms with Crippen LogP contribution in [0.3, 0.4) is 0 Å². The molecule has 1 saturated heterocycles. The Labute approximate surface area is 316 Å². The molecule has 9 heteroatoms. The Morgan fingerprint density at radius 2 is 1.77 bits per heavy atom. The molecule has 1 aromatic heterocycles. The minimum absolute atomic E-state index is 0.00527. The number of carbonyl (C=O) groups excluding carboxylic acids is 2. The molecule has 1 spiro atoms. The Morgan fingerprint density at radius 3 is 2.50 bits per heavy atom. The fourth-order valence-electron chi connectivity index (χ4n) is 11.4. The molecule has 2 aromatic carbocycles. The monoisotopic (exact) mass is 740 g/mol. The fourth-order valence-corrected chi connectivity index (χ4v) is 12.6. The molecule has 7 nitrogen and oxygen atoms in total. The van der Waals surface area contributed by atoms with E-state index in [1.54, 1.807) is 12.3 Å². The Kier molecular flexibility index (Phi) is 8.31. The number of rotatable bonds is 5. The summed E-state index contributed by atoms with van der Waals surface area (Å²) in [6.45, 7) is 12.1. The number of aliphatic hydroxyl groups is 1. The number of nitrogens with zero attached hydrogens (tertiary/aromatic N) is 2. The van der Waals surface area contributed by atoms with Gasteiger partial charge < -0.3 is 24.1 Å². The quantitative estimate of drug-likeness (QED) is 0.259. The molecule has 4 aliphatic carbocycles. The molecular formula is C43H49ClN2O5S. The molecule has 0 amide bonds. The van der Waals surface area contributed by atoms with Crippen LogP contribution in [-0.2, 0) is 14.3 Å². The zero-order chi connectivity index (χ0) is 37.0. The number of benzene rings is 2. The SMILES string of the molecule is CC1(C)C(=O)C=CC2(C)C1=C(O)C(=O)C1(C)C2CCC2(C)C(c3ccoc3)CC3OC321.CN(C)CCCN1c2ccccc2Sc2ccc(Cl)cc21. The number of ketones is 2. The second-order valence-corrected chi connectivity index (χ2v) is 18.6. The van der Waals surface area contributed by atoms with Gasteiger partial charge in [-0.25, -0.2) is 0 Å². The molecule has 2 saturated carbocycles. The fraction of sp³-hybridized carbons (Fsp3) is 0.488. The third-order valence-electron chi connectivity index (χ3n) is 13.7. The molecule has 1 N–H and O–H groups in total. The molecule has 3 fully saturated rings. The van der Waals surface area contributed by atoms with E-state index < -0.39 is 21.8 Å². The van der Waals surface area contributed by atoms with Crippen LogP contribution in [0.15, 0.2) is 98.7 Å². The Balaban J connectivity index is 0.000000161.